The molecule has 0 spiro atoms. The molecule has 36 heavy (non-hydrogen) atoms. The molecule has 0 aliphatic heterocycles. The Balaban J connectivity index is 3.59. The first-order valence-electron chi connectivity index (χ1n) is 15.8. The topological polar surface area (TPSA) is 27.7 Å². The van der Waals surface area contributed by atoms with Gasteiger partial charge in [-0.25, -0.2) is 9.78 Å². The van der Waals surface area contributed by atoms with Crippen LogP contribution in [0.4, 0.5) is 0 Å². The van der Waals surface area contributed by atoms with E-state index >= 15 is 0 Å². The smallest absolute Gasteiger partial charge is 0.214 e. The summed E-state index contributed by atoms with van der Waals surface area (Å²) in [5.74, 6) is 0. The maximum Gasteiger partial charge on any atom is 0.214 e. The monoisotopic (exact) mass is 574 g/mol. The van der Waals surface area contributed by atoms with Crippen molar-refractivity contribution in [1.29, 1.82) is 0 Å². The molecular weight excluding hydrogens is 509 g/mol. The van der Waals surface area contributed by atoms with E-state index in [1.54, 1.807) is 24.2 Å². The molecule has 0 aromatic heterocycles. The van der Waals surface area contributed by atoms with Crippen LogP contribution in [0.15, 0.2) is 0 Å². The lowest BCUT2D eigenvalue weighted by Gasteiger charge is -2.29. The molecule has 0 atom stereocenters. The third kappa shape index (κ3) is 27.8. The van der Waals surface area contributed by atoms with Crippen LogP contribution in [0.25, 0.3) is 0 Å². The van der Waals surface area contributed by atoms with E-state index < -0.39 is 25.2 Å². The summed E-state index contributed by atoms with van der Waals surface area (Å²) < 4.78 is 5.80. The van der Waals surface area contributed by atoms with Gasteiger partial charge in [0.1, 0.15) is 0 Å². The zero-order valence-corrected chi connectivity index (χ0v) is 30.0. The van der Waals surface area contributed by atoms with E-state index in [1.807, 2.05) is 6.92 Å². The molecule has 3 nitrogen and oxygen atoms in total. The SMILES string of the molecule is CCOOCCCCCCCCCCC[Si](C)(C)CC[Si](C)(C)CCCCCCCC[Si]O[SiH](C)C. The van der Waals surface area contributed by atoms with Gasteiger partial charge in [-0.2, -0.15) is 0 Å². The largest absolute Gasteiger partial charge is 0.459 e. The Kier molecular flexibility index (Phi) is 25.3. The van der Waals surface area contributed by atoms with Gasteiger partial charge in [-0.05, 0) is 32.5 Å². The Morgan fingerprint density at radius 3 is 1.39 bits per heavy atom. The van der Waals surface area contributed by atoms with Crippen LogP contribution in [-0.4, -0.2) is 48.2 Å². The van der Waals surface area contributed by atoms with Gasteiger partial charge in [0.25, 0.3) is 0 Å². The van der Waals surface area contributed by atoms with Gasteiger partial charge in [-0.1, -0.05) is 140 Å². The Bertz CT molecular complexity index is 462. The summed E-state index contributed by atoms with van der Waals surface area (Å²) in [6.07, 6.45) is 21.1. The van der Waals surface area contributed by atoms with Gasteiger partial charge in [0.15, 0.2) is 9.04 Å². The van der Waals surface area contributed by atoms with Crippen molar-refractivity contribution in [3.8, 4) is 0 Å². The molecule has 0 saturated carbocycles. The van der Waals surface area contributed by atoms with Gasteiger partial charge in [-0.15, -0.1) is 0 Å². The van der Waals surface area contributed by atoms with E-state index in [2.05, 4.69) is 39.3 Å². The van der Waals surface area contributed by atoms with Crippen molar-refractivity contribution < 1.29 is 13.9 Å². The standard InChI is InChI=1S/C29H66O3Si4/c1-8-30-31-24-20-16-12-10-9-11-14-18-22-26-35(4,5)28-29-36(6,7)27-23-19-15-13-17-21-25-33-32-34(2)3/h34H,8-29H2,1-7H3. The van der Waals surface area contributed by atoms with Crippen molar-refractivity contribution in [2.45, 2.75) is 173 Å². The second-order valence-electron chi connectivity index (χ2n) is 12.9. The van der Waals surface area contributed by atoms with Crippen molar-refractivity contribution in [1.82, 2.24) is 0 Å². The first-order valence-corrected chi connectivity index (χ1v) is 26.5. The van der Waals surface area contributed by atoms with Gasteiger partial charge in [0.05, 0.1) is 13.2 Å². The van der Waals surface area contributed by atoms with Crippen molar-refractivity contribution in [3.05, 3.63) is 0 Å². The van der Waals surface area contributed by atoms with Gasteiger partial charge in [0, 0.05) is 16.1 Å². The molecule has 0 bridgehead atoms. The molecule has 0 aliphatic carbocycles. The highest BCUT2D eigenvalue weighted by atomic mass is 28.3. The van der Waals surface area contributed by atoms with Crippen LogP contribution in [0.3, 0.4) is 0 Å². The van der Waals surface area contributed by atoms with Gasteiger partial charge in [0.2, 0.25) is 9.76 Å². The molecule has 7 heteroatoms. The minimum absolute atomic E-state index is 0.650. The highest BCUT2D eigenvalue weighted by Crippen LogP contribution is 2.29. The van der Waals surface area contributed by atoms with Gasteiger partial charge in [-0.3, -0.25) is 0 Å². The normalized spacial score (nSPS) is 12.7. The van der Waals surface area contributed by atoms with E-state index in [0.29, 0.717) is 6.61 Å². The molecule has 0 unspecified atom stereocenters. The lowest BCUT2D eigenvalue weighted by Crippen LogP contribution is -2.32. The molecule has 0 aromatic carbocycles. The average molecular weight is 575 g/mol. The first-order chi connectivity index (χ1) is 17.2. The van der Waals surface area contributed by atoms with E-state index in [0.717, 1.165) is 22.8 Å². The zero-order valence-electron chi connectivity index (χ0n) is 25.9. The zero-order chi connectivity index (χ0) is 27.0. The van der Waals surface area contributed by atoms with Crippen LogP contribution >= 0.6 is 0 Å². The minimum Gasteiger partial charge on any atom is -0.459 e. The van der Waals surface area contributed by atoms with E-state index in [1.165, 1.54) is 95.9 Å². The fourth-order valence-electron chi connectivity index (χ4n) is 4.80. The summed E-state index contributed by atoms with van der Waals surface area (Å²) in [6.45, 7) is 18.6. The molecule has 0 amide bonds. The third-order valence-electron chi connectivity index (χ3n) is 7.46. The molecule has 0 N–H and O–H groups in total. The maximum atomic E-state index is 5.80. The summed E-state index contributed by atoms with van der Waals surface area (Å²) in [5, 5.41) is 0. The predicted molar refractivity (Wildman–Crippen MR) is 172 cm³/mol. The van der Waals surface area contributed by atoms with E-state index in [9.17, 15) is 0 Å². The van der Waals surface area contributed by atoms with Gasteiger partial charge < -0.3 is 4.12 Å². The highest BCUT2D eigenvalue weighted by molar-refractivity contribution is 6.82. The lowest BCUT2D eigenvalue weighted by molar-refractivity contribution is -0.291. The fourth-order valence-corrected chi connectivity index (χ4v) is 15.3. The molecule has 0 fully saturated rings. The molecule has 0 heterocycles. The summed E-state index contributed by atoms with van der Waals surface area (Å²) in [5.41, 5.74) is 0. The Hall–Kier alpha value is 0.748. The second kappa shape index (κ2) is 24.8. The van der Waals surface area contributed by atoms with Crippen LogP contribution in [0.5, 0.6) is 0 Å². The lowest BCUT2D eigenvalue weighted by atomic mass is 10.1. The average Bonchev–Trinajstić information content (AvgIpc) is 2.82. The van der Waals surface area contributed by atoms with Crippen LogP contribution in [0.2, 0.25) is 69.5 Å². The van der Waals surface area contributed by atoms with Crippen molar-refractivity contribution in [3.63, 3.8) is 0 Å². The summed E-state index contributed by atoms with van der Waals surface area (Å²) >= 11 is 0. The highest BCUT2D eigenvalue weighted by Gasteiger charge is 2.26. The summed E-state index contributed by atoms with van der Waals surface area (Å²) in [4.78, 5) is 9.99. The summed E-state index contributed by atoms with van der Waals surface area (Å²) in [7, 11) is -1.99. The number of hydrogen-bond acceptors (Lipinski definition) is 3. The van der Waals surface area contributed by atoms with E-state index in [-0.39, 0.29) is 0 Å². The molecule has 0 aromatic rings. The molecule has 0 rings (SSSR count). The number of rotatable bonds is 28. The maximum absolute atomic E-state index is 5.80. The minimum atomic E-state index is -0.991. The molecular formula is C29H66O3Si4. The second-order valence-corrected chi connectivity index (χ2v) is 27.4. The quantitative estimate of drug-likeness (QED) is 0.0402. The Labute approximate surface area is 234 Å². The number of unbranched alkanes of at least 4 members (excludes halogenated alkanes) is 13. The van der Waals surface area contributed by atoms with Crippen molar-refractivity contribution >= 4 is 35.0 Å². The van der Waals surface area contributed by atoms with Crippen LogP contribution in [0.1, 0.15) is 103 Å². The Morgan fingerprint density at radius 2 is 0.944 bits per heavy atom. The third-order valence-corrected chi connectivity index (χ3v) is 17.7. The van der Waals surface area contributed by atoms with E-state index in [4.69, 9.17) is 13.9 Å². The van der Waals surface area contributed by atoms with Gasteiger partial charge >= 0.3 is 0 Å². The summed E-state index contributed by atoms with van der Waals surface area (Å²) in [6, 6.07) is 7.59. The van der Waals surface area contributed by atoms with Crippen LogP contribution < -0.4 is 0 Å². The first kappa shape index (κ1) is 36.7. The van der Waals surface area contributed by atoms with Crippen LogP contribution in [0, 0.1) is 0 Å². The van der Waals surface area contributed by atoms with Crippen molar-refractivity contribution in [2.24, 2.45) is 0 Å². The molecule has 0 aliphatic rings. The fraction of sp³-hybridized carbons (Fsp3) is 1.00. The van der Waals surface area contributed by atoms with Crippen molar-refractivity contribution in [2.75, 3.05) is 13.2 Å². The van der Waals surface area contributed by atoms with Crippen LogP contribution in [-0.2, 0) is 13.9 Å². The number of hydrogen-bond donors (Lipinski definition) is 0. The predicted octanol–water partition coefficient (Wildman–Crippen LogP) is 10.3. The molecule has 2 radical (unpaired) electrons. The molecule has 216 valence electrons. The Morgan fingerprint density at radius 1 is 0.528 bits per heavy atom. The molecule has 0 saturated heterocycles.